The highest BCUT2D eigenvalue weighted by Crippen LogP contribution is 2.38. The Labute approximate surface area is 120 Å². The van der Waals surface area contributed by atoms with E-state index in [-0.39, 0.29) is 0 Å². The number of hydrogen-bond donors (Lipinski definition) is 1. The Hall–Kier alpha value is -0.870. The highest BCUT2D eigenvalue weighted by molar-refractivity contribution is 8.00. The zero-order valence-electron chi connectivity index (χ0n) is 12.1. The van der Waals surface area contributed by atoms with E-state index in [0.717, 1.165) is 29.3 Å². The Morgan fingerprint density at radius 2 is 2.16 bits per heavy atom. The molecule has 1 heterocycles. The van der Waals surface area contributed by atoms with Gasteiger partial charge in [-0.3, -0.25) is 0 Å². The Balaban J connectivity index is 2.43. The van der Waals surface area contributed by atoms with Crippen LogP contribution in [0.3, 0.4) is 0 Å². The summed E-state index contributed by atoms with van der Waals surface area (Å²) in [4.78, 5) is 2.39. The van der Waals surface area contributed by atoms with E-state index in [4.69, 9.17) is 4.74 Å². The molecule has 1 aliphatic rings. The molecule has 0 aromatic heterocycles. The van der Waals surface area contributed by atoms with Crippen LogP contribution < -0.4 is 9.64 Å². The third kappa shape index (κ3) is 2.84. The second-order valence-electron chi connectivity index (χ2n) is 5.08. The summed E-state index contributed by atoms with van der Waals surface area (Å²) in [5, 5.41) is 10.7. The van der Waals surface area contributed by atoms with Crippen molar-refractivity contribution in [2.75, 3.05) is 24.3 Å². The summed E-state index contributed by atoms with van der Waals surface area (Å²) >= 11 is 2.01. The molecule has 19 heavy (non-hydrogen) atoms. The molecule has 4 heteroatoms. The van der Waals surface area contributed by atoms with Gasteiger partial charge in [0.05, 0.1) is 13.2 Å². The average molecular weight is 281 g/mol. The predicted molar refractivity (Wildman–Crippen MR) is 82.4 cm³/mol. The standard InChI is InChI=1S/C15H23NO2S/c1-10-12(3)19-9-8-16(10)13-6-5-7-14(18-4)15(13)11(2)17/h5-7,10-12,17H,8-9H2,1-4H3. The van der Waals surface area contributed by atoms with Crippen LogP contribution in [0.5, 0.6) is 5.75 Å². The number of methoxy groups -OCH3 is 1. The fourth-order valence-corrected chi connectivity index (χ4v) is 3.75. The summed E-state index contributed by atoms with van der Waals surface area (Å²) in [6.07, 6.45) is -0.525. The molecule has 0 bridgehead atoms. The first-order valence-electron chi connectivity index (χ1n) is 6.79. The van der Waals surface area contributed by atoms with Crippen molar-refractivity contribution in [2.45, 2.75) is 38.2 Å². The van der Waals surface area contributed by atoms with Crippen molar-refractivity contribution in [2.24, 2.45) is 0 Å². The van der Waals surface area contributed by atoms with Gasteiger partial charge in [-0.15, -0.1) is 0 Å². The van der Waals surface area contributed by atoms with Crippen molar-refractivity contribution >= 4 is 17.4 Å². The van der Waals surface area contributed by atoms with Gasteiger partial charge in [0.15, 0.2) is 0 Å². The third-order valence-corrected chi connectivity index (χ3v) is 5.21. The van der Waals surface area contributed by atoms with E-state index in [0.29, 0.717) is 11.3 Å². The van der Waals surface area contributed by atoms with Crippen molar-refractivity contribution in [3.05, 3.63) is 23.8 Å². The molecule has 3 nitrogen and oxygen atoms in total. The van der Waals surface area contributed by atoms with E-state index < -0.39 is 6.10 Å². The summed E-state index contributed by atoms with van der Waals surface area (Å²) in [6.45, 7) is 7.34. The van der Waals surface area contributed by atoms with Gasteiger partial charge in [-0.2, -0.15) is 11.8 Å². The van der Waals surface area contributed by atoms with Gasteiger partial charge in [0, 0.05) is 34.8 Å². The first kappa shape index (κ1) is 14.5. The zero-order valence-corrected chi connectivity index (χ0v) is 12.9. The van der Waals surface area contributed by atoms with Gasteiger partial charge in [-0.1, -0.05) is 13.0 Å². The Bertz CT molecular complexity index is 436. The van der Waals surface area contributed by atoms with Gasteiger partial charge in [-0.05, 0) is 26.0 Å². The molecular weight excluding hydrogens is 258 g/mol. The molecule has 0 spiro atoms. The number of nitrogens with zero attached hydrogens (tertiary/aromatic N) is 1. The number of ether oxygens (including phenoxy) is 1. The number of aliphatic hydroxyl groups excluding tert-OH is 1. The maximum Gasteiger partial charge on any atom is 0.126 e. The van der Waals surface area contributed by atoms with Crippen molar-refractivity contribution in [3.8, 4) is 5.75 Å². The number of thioether (sulfide) groups is 1. The SMILES string of the molecule is COc1cccc(N2CCSC(C)C2C)c1C(C)O. The van der Waals surface area contributed by atoms with Gasteiger partial charge in [0.2, 0.25) is 0 Å². The summed E-state index contributed by atoms with van der Waals surface area (Å²) in [5.41, 5.74) is 2.00. The minimum Gasteiger partial charge on any atom is -0.496 e. The minimum absolute atomic E-state index is 0.461. The first-order chi connectivity index (χ1) is 9.06. The lowest BCUT2D eigenvalue weighted by molar-refractivity contribution is 0.194. The fraction of sp³-hybridized carbons (Fsp3) is 0.600. The second-order valence-corrected chi connectivity index (χ2v) is 6.56. The molecule has 1 aliphatic heterocycles. The van der Waals surface area contributed by atoms with Crippen LogP contribution in [0.1, 0.15) is 32.4 Å². The van der Waals surface area contributed by atoms with Crippen LogP contribution in [0.15, 0.2) is 18.2 Å². The molecule has 1 aromatic rings. The first-order valence-corrected chi connectivity index (χ1v) is 7.84. The largest absolute Gasteiger partial charge is 0.496 e. The van der Waals surface area contributed by atoms with E-state index in [2.05, 4.69) is 24.8 Å². The number of aliphatic hydroxyl groups is 1. The Morgan fingerprint density at radius 1 is 1.42 bits per heavy atom. The van der Waals surface area contributed by atoms with Crippen LogP contribution in [0, 0.1) is 0 Å². The van der Waals surface area contributed by atoms with Crippen LogP contribution in [0.2, 0.25) is 0 Å². The van der Waals surface area contributed by atoms with Crippen molar-refractivity contribution < 1.29 is 9.84 Å². The lowest BCUT2D eigenvalue weighted by atomic mass is 10.0. The highest BCUT2D eigenvalue weighted by atomic mass is 32.2. The number of benzene rings is 1. The lowest BCUT2D eigenvalue weighted by Crippen LogP contribution is -2.45. The normalized spacial score (nSPS) is 25.2. The summed E-state index contributed by atoms with van der Waals surface area (Å²) < 4.78 is 5.41. The molecule has 1 saturated heterocycles. The number of anilines is 1. The van der Waals surface area contributed by atoms with Gasteiger partial charge >= 0.3 is 0 Å². The van der Waals surface area contributed by atoms with Gasteiger partial charge in [0.25, 0.3) is 0 Å². The summed E-state index contributed by atoms with van der Waals surface area (Å²) in [6, 6.07) is 6.46. The van der Waals surface area contributed by atoms with E-state index in [9.17, 15) is 5.11 Å². The quantitative estimate of drug-likeness (QED) is 0.923. The maximum absolute atomic E-state index is 10.1. The average Bonchev–Trinajstić information content (AvgIpc) is 2.40. The fourth-order valence-electron chi connectivity index (χ4n) is 2.65. The molecule has 3 unspecified atom stereocenters. The molecule has 2 rings (SSSR count). The van der Waals surface area contributed by atoms with Crippen molar-refractivity contribution in [1.82, 2.24) is 0 Å². The predicted octanol–water partition coefficient (Wildman–Crippen LogP) is 3.08. The topological polar surface area (TPSA) is 32.7 Å². The zero-order chi connectivity index (χ0) is 14.0. The van der Waals surface area contributed by atoms with Crippen LogP contribution >= 0.6 is 11.8 Å². The van der Waals surface area contributed by atoms with Gasteiger partial charge in [-0.25, -0.2) is 0 Å². The van der Waals surface area contributed by atoms with Crippen molar-refractivity contribution in [1.29, 1.82) is 0 Å². The molecule has 1 fully saturated rings. The smallest absolute Gasteiger partial charge is 0.126 e. The molecule has 0 saturated carbocycles. The van der Waals surface area contributed by atoms with Gasteiger partial charge < -0.3 is 14.7 Å². The Morgan fingerprint density at radius 3 is 2.79 bits per heavy atom. The maximum atomic E-state index is 10.1. The van der Waals surface area contributed by atoms with Gasteiger partial charge in [0.1, 0.15) is 5.75 Å². The van der Waals surface area contributed by atoms with E-state index in [1.54, 1.807) is 14.0 Å². The molecule has 0 aliphatic carbocycles. The lowest BCUT2D eigenvalue weighted by Gasteiger charge is -2.40. The molecular formula is C15H23NO2S. The molecule has 3 atom stereocenters. The highest BCUT2D eigenvalue weighted by Gasteiger charge is 2.28. The Kier molecular flexibility index (Phi) is 4.63. The monoisotopic (exact) mass is 281 g/mol. The summed E-state index contributed by atoms with van der Waals surface area (Å²) in [7, 11) is 1.66. The van der Waals surface area contributed by atoms with Crippen molar-refractivity contribution in [3.63, 3.8) is 0 Å². The molecule has 106 valence electrons. The molecule has 1 N–H and O–H groups in total. The number of hydrogen-bond acceptors (Lipinski definition) is 4. The van der Waals surface area contributed by atoms with E-state index in [1.165, 1.54) is 0 Å². The van der Waals surface area contributed by atoms with Crippen LogP contribution in [-0.2, 0) is 0 Å². The molecule has 1 aromatic carbocycles. The van der Waals surface area contributed by atoms with Crippen LogP contribution in [0.4, 0.5) is 5.69 Å². The minimum atomic E-state index is -0.525. The second kappa shape index (κ2) is 6.06. The number of rotatable bonds is 3. The van der Waals surface area contributed by atoms with E-state index in [1.807, 2.05) is 23.9 Å². The van der Waals surface area contributed by atoms with E-state index >= 15 is 0 Å². The summed E-state index contributed by atoms with van der Waals surface area (Å²) in [5.74, 6) is 1.90. The molecule has 0 radical (unpaired) electrons. The van der Waals surface area contributed by atoms with Crippen LogP contribution in [0.25, 0.3) is 0 Å². The van der Waals surface area contributed by atoms with Crippen LogP contribution in [-0.4, -0.2) is 35.8 Å². The third-order valence-electron chi connectivity index (χ3n) is 3.87. The molecule has 0 amide bonds.